The van der Waals surface area contributed by atoms with E-state index in [-0.39, 0.29) is 23.6 Å². The summed E-state index contributed by atoms with van der Waals surface area (Å²) in [4.78, 5) is 63.0. The number of nitrogens with one attached hydrogen (secondary N) is 3. The molecule has 1 unspecified atom stereocenters. The normalized spacial score (nSPS) is 21.6. The summed E-state index contributed by atoms with van der Waals surface area (Å²) in [5, 5.41) is 8.00. The Labute approximate surface area is 348 Å². The number of ether oxygens (including phenoxy) is 3. The number of carbonyl (C=O) groups is 4. The van der Waals surface area contributed by atoms with Gasteiger partial charge in [-0.1, -0.05) is 63.6 Å². The standard InChI is InChI=1S/C43H51N5O9S2/c1-40(2,3)35(45-39(52)57-41(4,5)6)37(50)48-24-28(56-33-23-30(26-13-9-8-10-14-26)44-31-21-27(55-7)16-17-29(31)33)22-32(48)36(49)46-43(25-42(43)18-12-19-42)38(51)47-59(53,54)34-15-11-20-58-34/h8-11,13-17,20-21,23,28,32,35H,12,18-19,22,24-25H2,1-7H3,(H,45,52)(H,46,49)(H,47,51)/t28-,32+,35-,43?/m1/s1. The molecule has 3 fully saturated rings. The zero-order chi connectivity index (χ0) is 42.5. The number of thiophene rings is 1. The maximum Gasteiger partial charge on any atom is 0.408 e. The number of methoxy groups -OCH3 is 1. The predicted molar refractivity (Wildman–Crippen MR) is 222 cm³/mol. The van der Waals surface area contributed by atoms with Gasteiger partial charge in [-0.15, -0.1) is 11.3 Å². The number of aromatic nitrogens is 1. The van der Waals surface area contributed by atoms with Gasteiger partial charge in [-0.3, -0.25) is 14.4 Å². The van der Waals surface area contributed by atoms with E-state index in [2.05, 4.69) is 15.4 Å². The number of rotatable bonds is 11. The van der Waals surface area contributed by atoms with E-state index in [0.717, 1.165) is 23.3 Å². The number of alkyl carbamates (subject to hydrolysis) is 1. The van der Waals surface area contributed by atoms with Gasteiger partial charge in [-0.2, -0.15) is 0 Å². The van der Waals surface area contributed by atoms with E-state index >= 15 is 0 Å². The lowest BCUT2D eigenvalue weighted by molar-refractivity contribution is -0.143. The second kappa shape index (κ2) is 15.4. The molecule has 0 radical (unpaired) electrons. The molecule has 0 bridgehead atoms. The monoisotopic (exact) mass is 845 g/mol. The predicted octanol–water partition coefficient (Wildman–Crippen LogP) is 6.19. The molecular formula is C43H51N5O9S2. The van der Waals surface area contributed by atoms with E-state index in [1.807, 2.05) is 42.5 Å². The van der Waals surface area contributed by atoms with Crippen LogP contribution in [0.4, 0.5) is 4.79 Å². The molecule has 2 aliphatic carbocycles. The summed E-state index contributed by atoms with van der Waals surface area (Å²) in [7, 11) is -2.62. The van der Waals surface area contributed by atoms with Crippen molar-refractivity contribution in [2.24, 2.45) is 10.8 Å². The number of fused-ring (bicyclic) bond motifs is 1. The van der Waals surface area contributed by atoms with E-state index in [1.165, 1.54) is 11.0 Å². The van der Waals surface area contributed by atoms with Crippen molar-refractivity contribution in [3.63, 3.8) is 0 Å². The number of pyridine rings is 1. The first-order valence-electron chi connectivity index (χ1n) is 19.7. The van der Waals surface area contributed by atoms with E-state index in [0.29, 0.717) is 40.9 Å². The number of benzene rings is 2. The Bertz CT molecular complexity index is 2370. The van der Waals surface area contributed by atoms with Gasteiger partial charge in [0.2, 0.25) is 11.8 Å². The van der Waals surface area contributed by atoms with Crippen LogP contribution >= 0.6 is 11.3 Å². The van der Waals surface area contributed by atoms with Crippen LogP contribution in [-0.2, 0) is 29.1 Å². The second-order valence-electron chi connectivity index (χ2n) is 17.8. The van der Waals surface area contributed by atoms with Gasteiger partial charge in [0.05, 0.1) is 24.9 Å². The fraction of sp³-hybridized carbons (Fsp3) is 0.465. The Kier molecular flexibility index (Phi) is 11.0. The fourth-order valence-electron chi connectivity index (χ4n) is 8.15. The molecule has 1 saturated heterocycles. The summed E-state index contributed by atoms with van der Waals surface area (Å²) in [6, 6.07) is 17.6. The smallest absolute Gasteiger partial charge is 0.408 e. The Morgan fingerprint density at radius 2 is 1.69 bits per heavy atom. The molecule has 2 aromatic heterocycles. The zero-order valence-corrected chi connectivity index (χ0v) is 35.9. The lowest BCUT2D eigenvalue weighted by Crippen LogP contribution is -2.61. The highest BCUT2D eigenvalue weighted by atomic mass is 32.2. The van der Waals surface area contributed by atoms with Crippen LogP contribution in [0.25, 0.3) is 22.2 Å². The Morgan fingerprint density at radius 1 is 0.966 bits per heavy atom. The van der Waals surface area contributed by atoms with Crippen LogP contribution in [-0.4, -0.2) is 85.1 Å². The molecule has 4 aromatic rings. The van der Waals surface area contributed by atoms with Crippen molar-refractivity contribution in [1.29, 1.82) is 0 Å². The molecule has 314 valence electrons. The molecule has 14 nitrogen and oxygen atoms in total. The fourth-order valence-corrected chi connectivity index (χ4v) is 10.2. The third-order valence-corrected chi connectivity index (χ3v) is 14.1. The van der Waals surface area contributed by atoms with Crippen LogP contribution in [0, 0.1) is 10.8 Å². The van der Waals surface area contributed by atoms with Crippen molar-refractivity contribution in [1.82, 2.24) is 25.2 Å². The molecule has 7 rings (SSSR count). The van der Waals surface area contributed by atoms with E-state index in [4.69, 9.17) is 19.2 Å². The number of likely N-dealkylation sites (tertiary alicyclic amines) is 1. The van der Waals surface area contributed by atoms with Crippen molar-refractivity contribution >= 4 is 56.1 Å². The number of carbonyl (C=O) groups excluding carboxylic acids is 4. The highest BCUT2D eigenvalue weighted by molar-refractivity contribution is 7.92. The molecule has 4 amide bonds. The number of amides is 4. The Morgan fingerprint density at radius 3 is 2.29 bits per heavy atom. The SMILES string of the molecule is COc1ccc2c(O[C@@H]3C[C@@H](C(=O)NC4(C(=O)NS(=O)(=O)c5cccs5)CC45CCC5)N(C(=O)[C@@H](NC(=O)OC(C)(C)C)C(C)(C)C)C3)cc(-c3ccccc3)nc2c1. The topological polar surface area (TPSA) is 182 Å². The first-order valence-corrected chi connectivity index (χ1v) is 22.0. The molecule has 4 atom stereocenters. The average Bonchev–Trinajstić information content (AvgIpc) is 3.44. The molecule has 16 heteroatoms. The van der Waals surface area contributed by atoms with Crippen molar-refractivity contribution in [3.8, 4) is 22.8 Å². The van der Waals surface area contributed by atoms with Gasteiger partial charge in [0, 0.05) is 34.9 Å². The van der Waals surface area contributed by atoms with E-state index in [1.54, 1.807) is 72.2 Å². The maximum absolute atomic E-state index is 14.8. The van der Waals surface area contributed by atoms with Gasteiger partial charge in [0.25, 0.3) is 15.9 Å². The van der Waals surface area contributed by atoms with Crippen molar-refractivity contribution in [2.75, 3.05) is 13.7 Å². The number of hydrogen-bond donors (Lipinski definition) is 3. The quantitative estimate of drug-likeness (QED) is 0.157. The van der Waals surface area contributed by atoms with Crippen LogP contribution < -0.4 is 24.8 Å². The third kappa shape index (κ3) is 8.47. The van der Waals surface area contributed by atoms with Crippen molar-refractivity contribution < 1.29 is 41.8 Å². The summed E-state index contributed by atoms with van der Waals surface area (Å²) >= 11 is 0.977. The van der Waals surface area contributed by atoms with Crippen LogP contribution in [0.2, 0.25) is 0 Å². The van der Waals surface area contributed by atoms with Gasteiger partial charge >= 0.3 is 6.09 Å². The molecule has 3 N–H and O–H groups in total. The van der Waals surface area contributed by atoms with Gasteiger partial charge in [0.15, 0.2) is 0 Å². The Balaban J connectivity index is 1.23. The van der Waals surface area contributed by atoms with Crippen LogP contribution in [0.15, 0.2) is 76.3 Å². The first kappa shape index (κ1) is 41.9. The van der Waals surface area contributed by atoms with E-state index < -0.39 is 74.0 Å². The van der Waals surface area contributed by atoms with Gasteiger partial charge in [-0.25, -0.2) is 22.9 Å². The molecular weight excluding hydrogens is 795 g/mol. The first-order chi connectivity index (χ1) is 27.7. The molecule has 1 aliphatic heterocycles. The van der Waals surface area contributed by atoms with Crippen LogP contribution in [0.5, 0.6) is 11.5 Å². The average molecular weight is 846 g/mol. The highest BCUT2D eigenvalue weighted by Crippen LogP contribution is 2.68. The molecule has 3 aliphatic rings. The molecule has 59 heavy (non-hydrogen) atoms. The molecule has 3 heterocycles. The third-order valence-electron chi connectivity index (χ3n) is 11.4. The maximum atomic E-state index is 14.8. The lowest BCUT2D eigenvalue weighted by atomic mass is 9.77. The van der Waals surface area contributed by atoms with Gasteiger partial charge < -0.3 is 29.7 Å². The summed E-state index contributed by atoms with van der Waals surface area (Å²) in [6.45, 7) is 10.5. The van der Waals surface area contributed by atoms with Crippen molar-refractivity contribution in [3.05, 3.63) is 72.1 Å². The minimum absolute atomic E-state index is 0.0218. The van der Waals surface area contributed by atoms with Gasteiger partial charge in [-0.05, 0) is 69.0 Å². The highest BCUT2D eigenvalue weighted by Gasteiger charge is 2.75. The summed E-state index contributed by atoms with van der Waals surface area (Å²) in [5.74, 6) is -0.909. The van der Waals surface area contributed by atoms with Gasteiger partial charge in [0.1, 0.15) is 45.0 Å². The summed E-state index contributed by atoms with van der Waals surface area (Å²) < 4.78 is 46.4. The second-order valence-corrected chi connectivity index (χ2v) is 20.6. The molecule has 2 saturated carbocycles. The lowest BCUT2D eigenvalue weighted by Gasteiger charge is -2.36. The molecule has 2 aromatic carbocycles. The minimum atomic E-state index is -4.20. The van der Waals surface area contributed by atoms with Crippen LogP contribution in [0.1, 0.15) is 73.6 Å². The molecule has 1 spiro atoms. The zero-order valence-electron chi connectivity index (χ0n) is 34.3. The van der Waals surface area contributed by atoms with Crippen LogP contribution in [0.3, 0.4) is 0 Å². The largest absolute Gasteiger partial charge is 0.497 e. The summed E-state index contributed by atoms with van der Waals surface area (Å²) in [5.41, 5.74) is -1.66. The Hall–Kier alpha value is -5.22. The number of sulfonamides is 1. The number of nitrogens with zero attached hydrogens (tertiary/aromatic N) is 2. The van der Waals surface area contributed by atoms with E-state index in [9.17, 15) is 27.6 Å². The summed E-state index contributed by atoms with van der Waals surface area (Å²) in [6.07, 6.45) is 0.861. The number of hydrogen-bond acceptors (Lipinski definition) is 11. The van der Waals surface area contributed by atoms with Crippen molar-refractivity contribution in [2.45, 2.75) is 107 Å². The minimum Gasteiger partial charge on any atom is -0.497 e.